The van der Waals surface area contributed by atoms with E-state index in [4.69, 9.17) is 5.26 Å². The number of hydrogen-bond acceptors (Lipinski definition) is 4. The van der Waals surface area contributed by atoms with E-state index in [-0.39, 0.29) is 11.9 Å². The summed E-state index contributed by atoms with van der Waals surface area (Å²) in [6.07, 6.45) is 2.17. The van der Waals surface area contributed by atoms with E-state index in [0.717, 1.165) is 29.2 Å². The molecule has 2 heterocycles. The Morgan fingerprint density at radius 3 is 2.62 bits per heavy atom. The van der Waals surface area contributed by atoms with Gasteiger partial charge in [0, 0.05) is 22.9 Å². The maximum Gasteiger partial charge on any atom is 0.220 e. The smallest absolute Gasteiger partial charge is 0.220 e. The molecule has 1 N–H and O–H groups in total. The SMILES string of the molecule is N#Cc1ccc2c(C=O)cc(-c3ccc(C4CCC(=O)N4)cc3)nc2c1. The van der Waals surface area contributed by atoms with Crippen molar-refractivity contribution in [1.29, 1.82) is 5.26 Å². The number of benzene rings is 2. The molecule has 1 atom stereocenters. The van der Waals surface area contributed by atoms with Crippen LogP contribution in [-0.2, 0) is 4.79 Å². The Bertz CT molecular complexity index is 1070. The lowest BCUT2D eigenvalue weighted by molar-refractivity contribution is -0.119. The molecule has 1 amide bonds. The fourth-order valence-electron chi connectivity index (χ4n) is 3.32. The Morgan fingerprint density at radius 1 is 1.15 bits per heavy atom. The molecule has 0 spiro atoms. The molecule has 0 aliphatic carbocycles. The van der Waals surface area contributed by atoms with E-state index in [0.29, 0.717) is 28.8 Å². The van der Waals surface area contributed by atoms with E-state index in [2.05, 4.69) is 16.4 Å². The molecule has 0 radical (unpaired) electrons. The Balaban J connectivity index is 1.75. The lowest BCUT2D eigenvalue weighted by Gasteiger charge is -2.11. The van der Waals surface area contributed by atoms with Gasteiger partial charge in [0.25, 0.3) is 0 Å². The van der Waals surface area contributed by atoms with Crippen molar-refractivity contribution in [2.24, 2.45) is 0 Å². The van der Waals surface area contributed by atoms with Crippen LogP contribution >= 0.6 is 0 Å². The minimum atomic E-state index is 0.0600. The van der Waals surface area contributed by atoms with Gasteiger partial charge in [-0.1, -0.05) is 30.3 Å². The molecule has 3 aromatic rings. The molecule has 0 saturated carbocycles. The number of fused-ring (bicyclic) bond motifs is 1. The molecule has 1 aliphatic rings. The van der Waals surface area contributed by atoms with E-state index < -0.39 is 0 Å². The van der Waals surface area contributed by atoms with Gasteiger partial charge < -0.3 is 5.32 Å². The molecular formula is C21H15N3O2. The predicted octanol–water partition coefficient (Wildman–Crippen LogP) is 3.54. The summed E-state index contributed by atoms with van der Waals surface area (Å²) in [5.41, 5.74) is 4.29. The molecular weight excluding hydrogens is 326 g/mol. The van der Waals surface area contributed by atoms with Crippen molar-refractivity contribution >= 4 is 23.1 Å². The first kappa shape index (κ1) is 16.0. The van der Waals surface area contributed by atoms with Gasteiger partial charge in [0.15, 0.2) is 6.29 Å². The van der Waals surface area contributed by atoms with Crippen LogP contribution in [-0.4, -0.2) is 17.2 Å². The summed E-state index contributed by atoms with van der Waals surface area (Å²) >= 11 is 0. The van der Waals surface area contributed by atoms with Crippen molar-refractivity contribution in [3.8, 4) is 17.3 Å². The second kappa shape index (κ2) is 6.41. The van der Waals surface area contributed by atoms with Gasteiger partial charge in [0.1, 0.15) is 0 Å². The van der Waals surface area contributed by atoms with Crippen LogP contribution < -0.4 is 5.32 Å². The standard InChI is InChI=1S/C21H15N3O2/c22-11-13-1-6-17-16(12-25)10-19(23-20(17)9-13)15-4-2-14(3-5-15)18-7-8-21(26)24-18/h1-6,9-10,12,18H,7-8H2,(H,24,26). The molecule has 2 aromatic carbocycles. The number of pyridine rings is 1. The highest BCUT2D eigenvalue weighted by Gasteiger charge is 2.22. The predicted molar refractivity (Wildman–Crippen MR) is 97.4 cm³/mol. The van der Waals surface area contributed by atoms with Crippen molar-refractivity contribution in [2.75, 3.05) is 0 Å². The minimum absolute atomic E-state index is 0.0600. The van der Waals surface area contributed by atoms with Crippen LogP contribution in [0.5, 0.6) is 0 Å². The van der Waals surface area contributed by atoms with Crippen molar-refractivity contribution in [2.45, 2.75) is 18.9 Å². The molecule has 1 unspecified atom stereocenters. The molecule has 1 aliphatic heterocycles. The first-order chi connectivity index (χ1) is 12.7. The summed E-state index contributed by atoms with van der Waals surface area (Å²) < 4.78 is 0. The maximum atomic E-state index is 11.5. The third kappa shape index (κ3) is 2.82. The zero-order chi connectivity index (χ0) is 18.1. The summed E-state index contributed by atoms with van der Waals surface area (Å²) in [7, 11) is 0. The van der Waals surface area contributed by atoms with E-state index in [9.17, 15) is 9.59 Å². The third-order valence-corrected chi connectivity index (χ3v) is 4.70. The number of nitrogens with zero attached hydrogens (tertiary/aromatic N) is 2. The van der Waals surface area contributed by atoms with Gasteiger partial charge >= 0.3 is 0 Å². The zero-order valence-electron chi connectivity index (χ0n) is 13.9. The van der Waals surface area contributed by atoms with Crippen LogP contribution in [0.25, 0.3) is 22.2 Å². The fraction of sp³-hybridized carbons (Fsp3) is 0.143. The van der Waals surface area contributed by atoms with Gasteiger partial charge in [-0.15, -0.1) is 0 Å². The van der Waals surface area contributed by atoms with Crippen LogP contribution in [0, 0.1) is 11.3 Å². The highest BCUT2D eigenvalue weighted by atomic mass is 16.2. The number of rotatable bonds is 3. The summed E-state index contributed by atoms with van der Waals surface area (Å²) in [6.45, 7) is 0. The first-order valence-corrected chi connectivity index (χ1v) is 8.38. The van der Waals surface area contributed by atoms with Crippen LogP contribution in [0.1, 0.15) is 40.4 Å². The van der Waals surface area contributed by atoms with Crippen molar-refractivity contribution in [3.63, 3.8) is 0 Å². The number of carbonyl (C=O) groups excluding carboxylic acids is 2. The fourth-order valence-corrected chi connectivity index (χ4v) is 3.32. The van der Waals surface area contributed by atoms with Crippen LogP contribution in [0.2, 0.25) is 0 Å². The van der Waals surface area contributed by atoms with Crippen molar-refractivity contribution < 1.29 is 9.59 Å². The van der Waals surface area contributed by atoms with Crippen LogP contribution in [0.4, 0.5) is 0 Å². The number of nitriles is 1. The van der Waals surface area contributed by atoms with Gasteiger partial charge in [0.05, 0.1) is 28.9 Å². The molecule has 5 nitrogen and oxygen atoms in total. The van der Waals surface area contributed by atoms with E-state index in [1.165, 1.54) is 0 Å². The quantitative estimate of drug-likeness (QED) is 0.739. The Kier molecular flexibility index (Phi) is 3.94. The normalized spacial score (nSPS) is 16.3. The van der Waals surface area contributed by atoms with E-state index >= 15 is 0 Å². The summed E-state index contributed by atoms with van der Waals surface area (Å²) in [4.78, 5) is 27.5. The number of nitrogens with one attached hydrogen (secondary N) is 1. The number of aldehydes is 1. The van der Waals surface area contributed by atoms with Gasteiger partial charge in [-0.2, -0.15) is 5.26 Å². The maximum absolute atomic E-state index is 11.5. The topological polar surface area (TPSA) is 82.8 Å². The number of amides is 1. The van der Waals surface area contributed by atoms with Gasteiger partial charge in [-0.05, 0) is 30.2 Å². The minimum Gasteiger partial charge on any atom is -0.349 e. The lowest BCUT2D eigenvalue weighted by Crippen LogP contribution is -2.18. The van der Waals surface area contributed by atoms with Crippen LogP contribution in [0.15, 0.2) is 48.5 Å². The Hall–Kier alpha value is -3.52. The second-order valence-electron chi connectivity index (χ2n) is 6.34. The van der Waals surface area contributed by atoms with Crippen molar-refractivity contribution in [3.05, 3.63) is 65.2 Å². The largest absolute Gasteiger partial charge is 0.349 e. The molecule has 26 heavy (non-hydrogen) atoms. The van der Waals surface area contributed by atoms with E-state index in [1.54, 1.807) is 24.3 Å². The third-order valence-electron chi connectivity index (χ3n) is 4.70. The highest BCUT2D eigenvalue weighted by molar-refractivity contribution is 5.98. The van der Waals surface area contributed by atoms with Crippen LogP contribution in [0.3, 0.4) is 0 Å². The molecule has 4 rings (SSSR count). The first-order valence-electron chi connectivity index (χ1n) is 8.38. The monoisotopic (exact) mass is 341 g/mol. The second-order valence-corrected chi connectivity index (χ2v) is 6.34. The Morgan fingerprint density at radius 2 is 1.96 bits per heavy atom. The lowest BCUT2D eigenvalue weighted by atomic mass is 10.0. The van der Waals surface area contributed by atoms with Crippen molar-refractivity contribution in [1.82, 2.24) is 10.3 Å². The van der Waals surface area contributed by atoms with Gasteiger partial charge in [-0.3, -0.25) is 9.59 Å². The van der Waals surface area contributed by atoms with E-state index in [1.807, 2.05) is 24.3 Å². The molecule has 1 aromatic heterocycles. The highest BCUT2D eigenvalue weighted by Crippen LogP contribution is 2.28. The molecule has 126 valence electrons. The number of hydrogen-bond donors (Lipinski definition) is 1. The Labute approximate surface area is 150 Å². The molecule has 1 saturated heterocycles. The average Bonchev–Trinajstić information content (AvgIpc) is 3.13. The summed E-state index contributed by atoms with van der Waals surface area (Å²) in [5.74, 6) is 0.0826. The summed E-state index contributed by atoms with van der Waals surface area (Å²) in [5, 5.41) is 12.8. The average molecular weight is 341 g/mol. The number of aromatic nitrogens is 1. The summed E-state index contributed by atoms with van der Waals surface area (Å²) in [6, 6.07) is 16.9. The van der Waals surface area contributed by atoms with Gasteiger partial charge in [0.2, 0.25) is 5.91 Å². The van der Waals surface area contributed by atoms with Gasteiger partial charge in [-0.25, -0.2) is 4.98 Å². The molecule has 0 bridgehead atoms. The molecule has 1 fully saturated rings. The zero-order valence-corrected chi connectivity index (χ0v) is 13.9. The number of carbonyl (C=O) groups is 2. The molecule has 5 heteroatoms.